The minimum Gasteiger partial charge on any atom is -0.379 e. The maximum absolute atomic E-state index is 12.4. The Morgan fingerprint density at radius 2 is 2.04 bits per heavy atom. The summed E-state index contributed by atoms with van der Waals surface area (Å²) >= 11 is 0. The number of aryl methyl sites for hydroxylation is 2. The van der Waals surface area contributed by atoms with Crippen LogP contribution in [0.1, 0.15) is 5.69 Å². The zero-order valence-corrected chi connectivity index (χ0v) is 13.9. The molecule has 8 heteroatoms. The average Bonchev–Trinajstić information content (AvgIpc) is 3.02. The number of pyridine rings is 1. The van der Waals surface area contributed by atoms with Crippen LogP contribution < -0.4 is 0 Å². The van der Waals surface area contributed by atoms with E-state index in [1.54, 1.807) is 12.4 Å². The largest absolute Gasteiger partial charge is 0.379 e. The van der Waals surface area contributed by atoms with Gasteiger partial charge in [-0.1, -0.05) is 6.07 Å². The van der Waals surface area contributed by atoms with Gasteiger partial charge in [-0.3, -0.25) is 0 Å². The summed E-state index contributed by atoms with van der Waals surface area (Å²) < 4.78 is 33.3. The van der Waals surface area contributed by atoms with E-state index >= 15 is 0 Å². The van der Waals surface area contributed by atoms with Crippen LogP contribution in [0.25, 0.3) is 11.5 Å². The first-order valence-corrected chi connectivity index (χ1v) is 9.18. The Kier molecular flexibility index (Phi) is 4.74. The number of sulfonamides is 1. The van der Waals surface area contributed by atoms with Crippen LogP contribution in [-0.2, 0) is 21.3 Å². The van der Waals surface area contributed by atoms with Crippen molar-refractivity contribution in [2.75, 3.05) is 32.1 Å². The normalized spacial score (nSPS) is 16.6. The molecule has 0 unspecified atom stereocenters. The van der Waals surface area contributed by atoms with E-state index in [0.717, 1.165) is 11.4 Å². The van der Waals surface area contributed by atoms with E-state index in [1.807, 2.05) is 29.7 Å². The highest BCUT2D eigenvalue weighted by Crippen LogP contribution is 2.16. The summed E-state index contributed by atoms with van der Waals surface area (Å²) in [5, 5.41) is 0. The molecule has 23 heavy (non-hydrogen) atoms. The van der Waals surface area contributed by atoms with Gasteiger partial charge in [0.15, 0.2) is 5.82 Å². The first-order valence-electron chi connectivity index (χ1n) is 7.57. The van der Waals surface area contributed by atoms with Gasteiger partial charge in [0.05, 0.1) is 19.0 Å². The van der Waals surface area contributed by atoms with E-state index in [0.29, 0.717) is 38.7 Å². The lowest BCUT2D eigenvalue weighted by molar-refractivity contribution is 0.0730. The number of rotatable bonds is 5. The standard InChI is InChI=1S/C15H20N4O3S/c1-13-3-2-4-14(17-13)15-16-5-6-18(15)9-12-23(20,21)19-7-10-22-11-8-19/h2-6H,7-12H2,1H3. The van der Waals surface area contributed by atoms with Gasteiger partial charge < -0.3 is 9.30 Å². The van der Waals surface area contributed by atoms with Gasteiger partial charge in [-0.2, -0.15) is 4.31 Å². The number of hydrogen-bond acceptors (Lipinski definition) is 5. The third-order valence-corrected chi connectivity index (χ3v) is 5.64. The lowest BCUT2D eigenvalue weighted by Crippen LogP contribution is -2.42. The molecule has 7 nitrogen and oxygen atoms in total. The van der Waals surface area contributed by atoms with Crippen LogP contribution in [0, 0.1) is 6.92 Å². The fourth-order valence-electron chi connectivity index (χ4n) is 2.56. The predicted octanol–water partition coefficient (Wildman–Crippen LogP) is 0.916. The van der Waals surface area contributed by atoms with E-state index in [4.69, 9.17) is 4.74 Å². The maximum atomic E-state index is 12.4. The molecule has 1 aliphatic rings. The van der Waals surface area contributed by atoms with Crippen LogP contribution in [0.15, 0.2) is 30.6 Å². The molecule has 3 heterocycles. The van der Waals surface area contributed by atoms with E-state index in [-0.39, 0.29) is 5.75 Å². The molecular weight excluding hydrogens is 316 g/mol. The Hall–Kier alpha value is -1.77. The van der Waals surface area contributed by atoms with Gasteiger partial charge in [0, 0.05) is 37.7 Å². The molecule has 0 radical (unpaired) electrons. The van der Waals surface area contributed by atoms with Crippen LogP contribution >= 0.6 is 0 Å². The van der Waals surface area contributed by atoms with Crippen molar-refractivity contribution in [3.05, 3.63) is 36.3 Å². The van der Waals surface area contributed by atoms with Crippen molar-refractivity contribution in [3.63, 3.8) is 0 Å². The van der Waals surface area contributed by atoms with Gasteiger partial charge in [0.25, 0.3) is 0 Å². The Morgan fingerprint density at radius 1 is 1.26 bits per heavy atom. The minimum absolute atomic E-state index is 0.0438. The molecule has 0 aromatic carbocycles. The summed E-state index contributed by atoms with van der Waals surface area (Å²) in [6.07, 6.45) is 3.45. The average molecular weight is 336 g/mol. The maximum Gasteiger partial charge on any atom is 0.216 e. The summed E-state index contributed by atoms with van der Waals surface area (Å²) in [4.78, 5) is 8.76. The molecule has 0 bridgehead atoms. The van der Waals surface area contributed by atoms with E-state index in [2.05, 4.69) is 9.97 Å². The molecule has 0 saturated carbocycles. The highest BCUT2D eigenvalue weighted by atomic mass is 32.2. The number of imidazole rings is 1. The van der Waals surface area contributed by atoms with Gasteiger partial charge in [0.2, 0.25) is 10.0 Å². The Bertz CT molecular complexity index is 767. The molecule has 0 aliphatic carbocycles. The third kappa shape index (κ3) is 3.77. The summed E-state index contributed by atoms with van der Waals surface area (Å²) in [6, 6.07) is 5.71. The molecule has 3 rings (SSSR count). The SMILES string of the molecule is Cc1cccc(-c2nccn2CCS(=O)(=O)N2CCOCC2)n1. The van der Waals surface area contributed by atoms with Crippen LogP contribution in [0.4, 0.5) is 0 Å². The molecule has 0 atom stereocenters. The zero-order valence-electron chi connectivity index (χ0n) is 13.1. The molecule has 0 amide bonds. The van der Waals surface area contributed by atoms with Gasteiger partial charge in [-0.25, -0.2) is 18.4 Å². The molecular formula is C15H20N4O3S. The van der Waals surface area contributed by atoms with Crippen LogP contribution in [-0.4, -0.2) is 59.3 Å². The summed E-state index contributed by atoms with van der Waals surface area (Å²) in [5.74, 6) is 0.730. The van der Waals surface area contributed by atoms with Crippen molar-refractivity contribution in [1.29, 1.82) is 0 Å². The molecule has 2 aromatic rings. The summed E-state index contributed by atoms with van der Waals surface area (Å²) in [7, 11) is -3.28. The van der Waals surface area contributed by atoms with Gasteiger partial charge in [-0.15, -0.1) is 0 Å². The first kappa shape index (κ1) is 16.1. The Balaban J connectivity index is 1.73. The second-order valence-electron chi connectivity index (χ2n) is 5.44. The van der Waals surface area contributed by atoms with E-state index in [9.17, 15) is 8.42 Å². The summed E-state index contributed by atoms with van der Waals surface area (Å²) in [5.41, 5.74) is 1.65. The first-order chi connectivity index (χ1) is 11.1. The second kappa shape index (κ2) is 6.77. The third-order valence-electron chi connectivity index (χ3n) is 3.79. The summed E-state index contributed by atoms with van der Waals surface area (Å²) in [6.45, 7) is 4.05. The van der Waals surface area contributed by atoms with Gasteiger partial charge in [-0.05, 0) is 19.1 Å². The van der Waals surface area contributed by atoms with Gasteiger partial charge >= 0.3 is 0 Å². The number of morpholine rings is 1. The van der Waals surface area contributed by atoms with E-state index in [1.165, 1.54) is 4.31 Å². The molecule has 1 saturated heterocycles. The molecule has 2 aromatic heterocycles. The molecule has 1 fully saturated rings. The van der Waals surface area contributed by atoms with E-state index < -0.39 is 10.0 Å². The zero-order chi connectivity index (χ0) is 16.3. The van der Waals surface area contributed by atoms with Crippen molar-refractivity contribution in [1.82, 2.24) is 18.8 Å². The Morgan fingerprint density at radius 3 is 2.78 bits per heavy atom. The highest BCUT2D eigenvalue weighted by molar-refractivity contribution is 7.89. The van der Waals surface area contributed by atoms with Crippen LogP contribution in [0.2, 0.25) is 0 Å². The van der Waals surface area contributed by atoms with Gasteiger partial charge in [0.1, 0.15) is 5.69 Å². The molecule has 0 spiro atoms. The topological polar surface area (TPSA) is 77.3 Å². The molecule has 1 aliphatic heterocycles. The Labute approximate surface area is 136 Å². The quantitative estimate of drug-likeness (QED) is 0.811. The van der Waals surface area contributed by atoms with Crippen molar-refractivity contribution in [2.24, 2.45) is 0 Å². The minimum atomic E-state index is -3.28. The van der Waals surface area contributed by atoms with Crippen LogP contribution in [0.3, 0.4) is 0 Å². The lowest BCUT2D eigenvalue weighted by Gasteiger charge is -2.26. The van der Waals surface area contributed by atoms with Crippen molar-refractivity contribution in [3.8, 4) is 11.5 Å². The van der Waals surface area contributed by atoms with Crippen molar-refractivity contribution >= 4 is 10.0 Å². The monoisotopic (exact) mass is 336 g/mol. The fraction of sp³-hybridized carbons (Fsp3) is 0.467. The smallest absolute Gasteiger partial charge is 0.216 e. The fourth-order valence-corrected chi connectivity index (χ4v) is 3.95. The van der Waals surface area contributed by atoms with Crippen molar-refractivity contribution in [2.45, 2.75) is 13.5 Å². The number of aromatic nitrogens is 3. The predicted molar refractivity (Wildman–Crippen MR) is 86.4 cm³/mol. The second-order valence-corrected chi connectivity index (χ2v) is 7.52. The lowest BCUT2D eigenvalue weighted by atomic mass is 10.3. The number of hydrogen-bond donors (Lipinski definition) is 0. The number of ether oxygens (including phenoxy) is 1. The number of nitrogens with zero attached hydrogens (tertiary/aromatic N) is 4. The van der Waals surface area contributed by atoms with Crippen molar-refractivity contribution < 1.29 is 13.2 Å². The van der Waals surface area contributed by atoms with Crippen LogP contribution in [0.5, 0.6) is 0 Å². The molecule has 124 valence electrons. The highest BCUT2D eigenvalue weighted by Gasteiger charge is 2.24. The molecule has 0 N–H and O–H groups in total.